The van der Waals surface area contributed by atoms with E-state index in [1.54, 1.807) is 30.3 Å². The van der Waals surface area contributed by atoms with Gasteiger partial charge >= 0.3 is 5.69 Å². The number of nitrogen functional groups attached to an aromatic ring is 1. The number of nitrogens with one attached hydrogen (secondary N) is 4. The Kier molecular flexibility index (Phi) is 5.57. The summed E-state index contributed by atoms with van der Waals surface area (Å²) < 4.78 is 28.2. The fourth-order valence-corrected chi connectivity index (χ4v) is 4.92. The number of aromatic amines is 2. The maximum atomic E-state index is 12.8. The van der Waals surface area contributed by atoms with E-state index in [2.05, 4.69) is 15.0 Å². The topological polar surface area (TPSA) is 167 Å². The summed E-state index contributed by atoms with van der Waals surface area (Å²) in [5.74, 6) is -0.696. The fourth-order valence-electron chi connectivity index (χ4n) is 3.80. The molecule has 1 heterocycles. The van der Waals surface area contributed by atoms with Crippen molar-refractivity contribution in [1.29, 1.82) is 0 Å². The molecular formula is C21H21N5O5S. The number of carbonyl (C=O) groups is 1. The highest BCUT2D eigenvalue weighted by atomic mass is 32.2. The van der Waals surface area contributed by atoms with Crippen molar-refractivity contribution < 1.29 is 13.2 Å². The minimum absolute atomic E-state index is 0.145. The predicted molar refractivity (Wildman–Crippen MR) is 119 cm³/mol. The molecule has 10 nitrogen and oxygen atoms in total. The van der Waals surface area contributed by atoms with Crippen LogP contribution in [0.3, 0.4) is 0 Å². The van der Waals surface area contributed by atoms with Crippen LogP contribution in [0.25, 0.3) is 0 Å². The lowest BCUT2D eigenvalue weighted by Gasteiger charge is -2.28. The van der Waals surface area contributed by atoms with Crippen molar-refractivity contribution in [2.24, 2.45) is 0 Å². The van der Waals surface area contributed by atoms with Gasteiger partial charge in [0.15, 0.2) is 0 Å². The third kappa shape index (κ3) is 4.14. The molecule has 2 aromatic carbocycles. The zero-order valence-electron chi connectivity index (χ0n) is 16.8. The third-order valence-corrected chi connectivity index (χ3v) is 6.70. The number of carbonyl (C=O) groups excluding carboxylic acids is 1. The molecule has 0 aliphatic heterocycles. The van der Waals surface area contributed by atoms with Crippen molar-refractivity contribution in [3.63, 3.8) is 0 Å². The second-order valence-electron chi connectivity index (χ2n) is 7.41. The summed E-state index contributed by atoms with van der Waals surface area (Å²) in [6, 6.07) is 12.8. The van der Waals surface area contributed by atoms with Gasteiger partial charge in [0.25, 0.3) is 21.5 Å². The number of benzene rings is 2. The van der Waals surface area contributed by atoms with E-state index in [0.29, 0.717) is 24.9 Å². The minimum Gasteiger partial charge on any atom is -0.392 e. The van der Waals surface area contributed by atoms with E-state index >= 15 is 0 Å². The lowest BCUT2D eigenvalue weighted by Crippen LogP contribution is -2.36. The molecule has 1 aliphatic rings. The normalized spacial score (nSPS) is 15.6. The van der Waals surface area contributed by atoms with Crippen LogP contribution in [0, 0.1) is 0 Å². The van der Waals surface area contributed by atoms with Crippen LogP contribution in [0.4, 0.5) is 11.4 Å². The molecule has 0 spiro atoms. The summed E-state index contributed by atoms with van der Waals surface area (Å²) in [7, 11) is -3.78. The lowest BCUT2D eigenvalue weighted by atomic mass is 9.86. The molecule has 1 amide bonds. The summed E-state index contributed by atoms with van der Waals surface area (Å²) in [5, 5.41) is 2.79. The molecule has 1 atom stereocenters. The molecule has 1 aromatic heterocycles. The summed E-state index contributed by atoms with van der Waals surface area (Å²) >= 11 is 0. The number of H-pyrrole nitrogens is 2. The van der Waals surface area contributed by atoms with E-state index in [4.69, 9.17) is 5.73 Å². The highest BCUT2D eigenvalue weighted by Gasteiger charge is 2.27. The monoisotopic (exact) mass is 455 g/mol. The zero-order valence-corrected chi connectivity index (χ0v) is 17.7. The molecule has 1 aliphatic carbocycles. The van der Waals surface area contributed by atoms with Crippen LogP contribution in [0.15, 0.2) is 63.0 Å². The van der Waals surface area contributed by atoms with E-state index < -0.39 is 33.2 Å². The molecule has 3 aromatic rings. The summed E-state index contributed by atoms with van der Waals surface area (Å²) in [6.45, 7) is 0. The number of hydrogen-bond donors (Lipinski definition) is 5. The first-order chi connectivity index (χ1) is 15.3. The van der Waals surface area contributed by atoms with E-state index in [0.717, 1.165) is 11.1 Å². The van der Waals surface area contributed by atoms with Crippen molar-refractivity contribution in [2.45, 2.75) is 30.2 Å². The van der Waals surface area contributed by atoms with Crippen molar-refractivity contribution in [1.82, 2.24) is 15.3 Å². The molecule has 11 heteroatoms. The quantitative estimate of drug-likeness (QED) is 0.388. The van der Waals surface area contributed by atoms with E-state index in [1.165, 1.54) is 12.1 Å². The summed E-state index contributed by atoms with van der Waals surface area (Å²) in [5.41, 5.74) is 5.23. The van der Waals surface area contributed by atoms with Gasteiger partial charge in [0, 0.05) is 0 Å². The van der Waals surface area contributed by atoms with E-state index in [-0.39, 0.29) is 16.3 Å². The number of sulfonamides is 1. The Hall–Kier alpha value is -3.86. The molecular weight excluding hydrogens is 434 g/mol. The largest absolute Gasteiger partial charge is 0.392 e. The van der Waals surface area contributed by atoms with Crippen LogP contribution in [-0.4, -0.2) is 24.3 Å². The van der Waals surface area contributed by atoms with Gasteiger partial charge in [-0.1, -0.05) is 30.3 Å². The SMILES string of the molecule is Nc1c(C(=O)N[C@@H]2CCCc3c(NS(=O)(=O)c4ccccc4)cccc32)[nH]c(=O)[nH]c1=O. The second kappa shape index (κ2) is 8.35. The Balaban J connectivity index is 1.64. The number of hydrogen-bond acceptors (Lipinski definition) is 6. The van der Waals surface area contributed by atoms with E-state index in [9.17, 15) is 22.8 Å². The number of amides is 1. The predicted octanol–water partition coefficient (Wildman–Crippen LogP) is 1.25. The van der Waals surface area contributed by atoms with Crippen LogP contribution in [0.1, 0.15) is 40.5 Å². The van der Waals surface area contributed by atoms with Gasteiger partial charge in [-0.2, -0.15) is 0 Å². The molecule has 0 radical (unpaired) electrons. The molecule has 166 valence electrons. The van der Waals surface area contributed by atoms with Gasteiger partial charge < -0.3 is 16.0 Å². The highest BCUT2D eigenvalue weighted by molar-refractivity contribution is 7.92. The Bertz CT molecular complexity index is 1400. The van der Waals surface area contributed by atoms with Gasteiger partial charge in [0.1, 0.15) is 11.4 Å². The van der Waals surface area contributed by atoms with Crippen LogP contribution in [0.2, 0.25) is 0 Å². The fraction of sp³-hybridized carbons (Fsp3) is 0.190. The highest BCUT2D eigenvalue weighted by Crippen LogP contribution is 2.35. The Morgan fingerprint density at radius 1 is 1.03 bits per heavy atom. The Morgan fingerprint density at radius 2 is 1.78 bits per heavy atom. The van der Waals surface area contributed by atoms with Gasteiger partial charge in [-0.15, -0.1) is 0 Å². The molecule has 0 bridgehead atoms. The van der Waals surface area contributed by atoms with Crippen LogP contribution in [-0.2, 0) is 16.4 Å². The number of aromatic nitrogens is 2. The zero-order chi connectivity index (χ0) is 22.9. The second-order valence-corrected chi connectivity index (χ2v) is 9.09. The average molecular weight is 455 g/mol. The number of fused-ring (bicyclic) bond motifs is 1. The van der Waals surface area contributed by atoms with Gasteiger partial charge in [-0.3, -0.25) is 19.3 Å². The van der Waals surface area contributed by atoms with Crippen molar-refractivity contribution >= 4 is 27.3 Å². The van der Waals surface area contributed by atoms with Crippen molar-refractivity contribution in [3.05, 3.63) is 86.2 Å². The van der Waals surface area contributed by atoms with Gasteiger partial charge in [0.2, 0.25) is 0 Å². The Morgan fingerprint density at radius 3 is 2.53 bits per heavy atom. The van der Waals surface area contributed by atoms with Gasteiger partial charge in [0.05, 0.1) is 16.6 Å². The first-order valence-corrected chi connectivity index (χ1v) is 11.4. The average Bonchev–Trinajstić information content (AvgIpc) is 2.77. The van der Waals surface area contributed by atoms with Gasteiger partial charge in [-0.05, 0) is 48.6 Å². The standard InChI is InChI=1S/C21H21N5O5S/c22-17-18(24-21(29)25-19(17)27)20(28)23-15-10-4-9-14-13(15)8-5-11-16(14)26-32(30,31)12-6-2-1-3-7-12/h1-3,5-8,11,15,26H,4,9-10,22H2,(H,23,28)(H2,24,25,27,29)/t15-/m1/s1. The molecule has 32 heavy (non-hydrogen) atoms. The number of nitrogens with two attached hydrogens (primary N) is 1. The first kappa shape index (κ1) is 21.4. The third-order valence-electron chi connectivity index (χ3n) is 5.32. The first-order valence-electron chi connectivity index (χ1n) is 9.89. The molecule has 0 saturated carbocycles. The van der Waals surface area contributed by atoms with Crippen LogP contribution >= 0.6 is 0 Å². The summed E-state index contributed by atoms with van der Waals surface area (Å²) in [4.78, 5) is 40.3. The Labute approximate surface area is 182 Å². The lowest BCUT2D eigenvalue weighted by molar-refractivity contribution is 0.0928. The number of rotatable bonds is 5. The number of anilines is 2. The maximum absolute atomic E-state index is 12.8. The van der Waals surface area contributed by atoms with Crippen LogP contribution in [0.5, 0.6) is 0 Å². The molecule has 0 fully saturated rings. The molecule has 4 rings (SSSR count). The molecule has 0 unspecified atom stereocenters. The smallest absolute Gasteiger partial charge is 0.326 e. The van der Waals surface area contributed by atoms with Crippen molar-refractivity contribution in [2.75, 3.05) is 10.5 Å². The molecule has 0 saturated heterocycles. The summed E-state index contributed by atoms with van der Waals surface area (Å²) in [6.07, 6.45) is 1.92. The van der Waals surface area contributed by atoms with Crippen LogP contribution < -0.4 is 27.0 Å². The van der Waals surface area contributed by atoms with Crippen molar-refractivity contribution in [3.8, 4) is 0 Å². The van der Waals surface area contributed by atoms with Gasteiger partial charge in [-0.25, -0.2) is 13.2 Å². The van der Waals surface area contributed by atoms with E-state index in [1.807, 2.05) is 11.1 Å². The molecule has 6 N–H and O–H groups in total. The maximum Gasteiger partial charge on any atom is 0.326 e. The minimum atomic E-state index is -3.78.